The Morgan fingerprint density at radius 2 is 2.00 bits per heavy atom. The fourth-order valence-corrected chi connectivity index (χ4v) is 2.65. The molecule has 1 rings (SSSR count). The zero-order chi connectivity index (χ0) is 7.40. The van der Waals surface area contributed by atoms with Gasteiger partial charge in [0.2, 0.25) is 0 Å². The molecule has 1 aliphatic rings. The molecular weight excluding hydrogens is 147 g/mol. The van der Waals surface area contributed by atoms with Crippen molar-refractivity contribution >= 4 is 8.58 Å². The third-order valence-corrected chi connectivity index (χ3v) is 3.42. The molecule has 0 heterocycles. The van der Waals surface area contributed by atoms with Crippen LogP contribution in [0, 0.1) is 0 Å². The first kappa shape index (κ1) is 8.41. The Kier molecular flexibility index (Phi) is 3.57. The number of rotatable bonds is 3. The van der Waals surface area contributed by atoms with Crippen molar-refractivity contribution in [3.8, 4) is 0 Å². The molecule has 60 valence electrons. The van der Waals surface area contributed by atoms with E-state index in [0.29, 0.717) is 8.58 Å². The van der Waals surface area contributed by atoms with Crippen LogP contribution in [0.2, 0.25) is 0 Å². The molecule has 0 radical (unpaired) electrons. The largest absolute Gasteiger partial charge is 0.301 e. The van der Waals surface area contributed by atoms with Crippen LogP contribution in [0.5, 0.6) is 0 Å². The van der Waals surface area contributed by atoms with Crippen LogP contribution >= 0.6 is 8.58 Å². The van der Waals surface area contributed by atoms with Gasteiger partial charge in [-0.2, -0.15) is 0 Å². The lowest BCUT2D eigenvalue weighted by atomic mass is 10.4. The van der Waals surface area contributed by atoms with Gasteiger partial charge in [-0.3, -0.25) is 4.84 Å². The standard InChI is InChI=1S/C6H15N2OP/c7-6(9-8)10-5-3-1-2-4-5/h5-6,10H,1-4,7-8H2. The third-order valence-electron chi connectivity index (χ3n) is 1.90. The van der Waals surface area contributed by atoms with Gasteiger partial charge in [-0.25, -0.2) is 5.90 Å². The van der Waals surface area contributed by atoms with Crippen molar-refractivity contribution in [2.75, 3.05) is 0 Å². The van der Waals surface area contributed by atoms with Crippen molar-refractivity contribution in [1.29, 1.82) is 0 Å². The van der Waals surface area contributed by atoms with Crippen LogP contribution < -0.4 is 11.6 Å². The van der Waals surface area contributed by atoms with Crippen molar-refractivity contribution < 1.29 is 4.84 Å². The minimum absolute atomic E-state index is 0.219. The van der Waals surface area contributed by atoms with Gasteiger partial charge in [0.05, 0.1) is 0 Å². The highest BCUT2D eigenvalue weighted by molar-refractivity contribution is 7.39. The van der Waals surface area contributed by atoms with Crippen LogP contribution in [0.15, 0.2) is 0 Å². The Bertz CT molecular complexity index is 95.7. The van der Waals surface area contributed by atoms with E-state index in [1.807, 2.05) is 0 Å². The summed E-state index contributed by atoms with van der Waals surface area (Å²) in [6.45, 7) is 0. The molecule has 0 aromatic carbocycles. The maximum Gasteiger partial charge on any atom is 0.142 e. The molecular formula is C6H15N2OP. The number of hydrogen-bond acceptors (Lipinski definition) is 3. The Labute approximate surface area is 63.2 Å². The predicted octanol–water partition coefficient (Wildman–Crippen LogP) is 0.740. The molecule has 0 spiro atoms. The Balaban J connectivity index is 2.11. The summed E-state index contributed by atoms with van der Waals surface area (Å²) in [5, 5.41) is 0. The molecule has 0 amide bonds. The zero-order valence-electron chi connectivity index (χ0n) is 6.05. The first-order valence-corrected chi connectivity index (χ1v) is 4.85. The fraction of sp³-hybridized carbons (Fsp3) is 1.00. The van der Waals surface area contributed by atoms with E-state index >= 15 is 0 Å². The summed E-state index contributed by atoms with van der Waals surface area (Å²) in [6, 6.07) is 0. The van der Waals surface area contributed by atoms with E-state index in [1.54, 1.807) is 0 Å². The Morgan fingerprint density at radius 3 is 2.50 bits per heavy atom. The van der Waals surface area contributed by atoms with Crippen LogP contribution in [-0.2, 0) is 4.84 Å². The lowest BCUT2D eigenvalue weighted by molar-refractivity contribution is 0.117. The predicted molar refractivity (Wildman–Crippen MR) is 43.8 cm³/mol. The van der Waals surface area contributed by atoms with Crippen LogP contribution in [-0.4, -0.2) is 11.6 Å². The monoisotopic (exact) mass is 162 g/mol. The number of hydrogen-bond donors (Lipinski definition) is 2. The van der Waals surface area contributed by atoms with Gasteiger partial charge in [0.15, 0.2) is 0 Å². The maximum atomic E-state index is 5.52. The van der Waals surface area contributed by atoms with Gasteiger partial charge in [-0.15, -0.1) is 0 Å². The van der Waals surface area contributed by atoms with Gasteiger partial charge < -0.3 is 5.73 Å². The molecule has 4 heteroatoms. The molecule has 10 heavy (non-hydrogen) atoms. The quantitative estimate of drug-likeness (QED) is 0.365. The van der Waals surface area contributed by atoms with Gasteiger partial charge in [0.1, 0.15) is 5.97 Å². The molecule has 1 saturated carbocycles. The lowest BCUT2D eigenvalue weighted by Gasteiger charge is -2.13. The minimum Gasteiger partial charge on any atom is -0.301 e. The van der Waals surface area contributed by atoms with Crippen LogP contribution in [0.3, 0.4) is 0 Å². The molecule has 0 aromatic rings. The van der Waals surface area contributed by atoms with E-state index in [4.69, 9.17) is 11.6 Å². The molecule has 0 saturated heterocycles. The van der Waals surface area contributed by atoms with Crippen molar-refractivity contribution in [3.05, 3.63) is 0 Å². The van der Waals surface area contributed by atoms with Crippen molar-refractivity contribution in [3.63, 3.8) is 0 Å². The molecule has 0 bridgehead atoms. The number of nitrogens with two attached hydrogens (primary N) is 2. The van der Waals surface area contributed by atoms with Crippen molar-refractivity contribution in [2.45, 2.75) is 37.3 Å². The van der Waals surface area contributed by atoms with Gasteiger partial charge in [-0.1, -0.05) is 21.4 Å². The Hall–Kier alpha value is 0.310. The van der Waals surface area contributed by atoms with Crippen molar-refractivity contribution in [1.82, 2.24) is 0 Å². The summed E-state index contributed by atoms with van der Waals surface area (Å²) >= 11 is 0. The van der Waals surface area contributed by atoms with Crippen molar-refractivity contribution in [2.24, 2.45) is 11.6 Å². The summed E-state index contributed by atoms with van der Waals surface area (Å²) in [5.41, 5.74) is 6.31. The normalized spacial score (nSPS) is 24.6. The van der Waals surface area contributed by atoms with Gasteiger partial charge in [0.25, 0.3) is 0 Å². The maximum absolute atomic E-state index is 5.52. The summed E-state index contributed by atoms with van der Waals surface area (Å²) in [6.07, 6.45) is 5.34. The second-order valence-electron chi connectivity index (χ2n) is 2.70. The topological polar surface area (TPSA) is 61.3 Å². The van der Waals surface area contributed by atoms with E-state index in [2.05, 4.69) is 4.84 Å². The second kappa shape index (κ2) is 4.24. The van der Waals surface area contributed by atoms with Gasteiger partial charge in [0, 0.05) is 0 Å². The van der Waals surface area contributed by atoms with E-state index in [0.717, 1.165) is 5.66 Å². The zero-order valence-corrected chi connectivity index (χ0v) is 7.05. The highest BCUT2D eigenvalue weighted by Gasteiger charge is 2.17. The summed E-state index contributed by atoms with van der Waals surface area (Å²) in [5.74, 6) is 4.71. The molecule has 1 fully saturated rings. The molecule has 2 atom stereocenters. The minimum atomic E-state index is -0.219. The summed E-state index contributed by atoms with van der Waals surface area (Å²) < 4.78 is 0. The molecule has 0 aromatic heterocycles. The third kappa shape index (κ3) is 2.51. The smallest absolute Gasteiger partial charge is 0.142 e. The van der Waals surface area contributed by atoms with Crippen LogP contribution in [0.1, 0.15) is 25.7 Å². The van der Waals surface area contributed by atoms with Crippen LogP contribution in [0.25, 0.3) is 0 Å². The fourth-order valence-electron chi connectivity index (χ4n) is 1.36. The highest BCUT2D eigenvalue weighted by Crippen LogP contribution is 2.35. The first-order chi connectivity index (χ1) is 4.83. The average Bonchev–Trinajstić information content (AvgIpc) is 2.40. The Morgan fingerprint density at radius 1 is 1.40 bits per heavy atom. The van der Waals surface area contributed by atoms with Crippen LogP contribution in [0.4, 0.5) is 0 Å². The van der Waals surface area contributed by atoms with E-state index in [1.165, 1.54) is 25.7 Å². The highest BCUT2D eigenvalue weighted by atomic mass is 31.1. The average molecular weight is 162 g/mol. The van der Waals surface area contributed by atoms with E-state index < -0.39 is 0 Å². The second-order valence-corrected chi connectivity index (χ2v) is 4.42. The summed E-state index contributed by atoms with van der Waals surface area (Å²) in [4.78, 5) is 4.50. The molecule has 1 aliphatic carbocycles. The first-order valence-electron chi connectivity index (χ1n) is 3.70. The van der Waals surface area contributed by atoms with Gasteiger partial charge >= 0.3 is 0 Å². The molecule has 4 N–H and O–H groups in total. The SMILES string of the molecule is NOC(N)PC1CCCC1. The van der Waals surface area contributed by atoms with E-state index in [-0.39, 0.29) is 5.97 Å². The summed E-state index contributed by atoms with van der Waals surface area (Å²) in [7, 11) is 0.690. The molecule has 0 aliphatic heterocycles. The molecule has 2 unspecified atom stereocenters. The van der Waals surface area contributed by atoms with E-state index in [9.17, 15) is 0 Å². The lowest BCUT2D eigenvalue weighted by Crippen LogP contribution is -2.23. The van der Waals surface area contributed by atoms with Gasteiger partial charge in [-0.05, 0) is 18.5 Å². The molecule has 3 nitrogen and oxygen atoms in total.